The molecular formula is C22H21N3O5. The van der Waals surface area contributed by atoms with Crippen molar-refractivity contribution in [3.63, 3.8) is 0 Å². The van der Waals surface area contributed by atoms with Crippen LogP contribution in [-0.4, -0.2) is 44.0 Å². The van der Waals surface area contributed by atoms with Gasteiger partial charge in [-0.3, -0.25) is 9.59 Å². The van der Waals surface area contributed by atoms with E-state index in [-0.39, 0.29) is 13.0 Å². The summed E-state index contributed by atoms with van der Waals surface area (Å²) in [6.07, 6.45) is 1.01. The van der Waals surface area contributed by atoms with Gasteiger partial charge in [0.05, 0.1) is 10.9 Å². The highest BCUT2D eigenvalue weighted by atomic mass is 16.4. The van der Waals surface area contributed by atoms with Crippen molar-refractivity contribution in [2.75, 3.05) is 6.54 Å². The van der Waals surface area contributed by atoms with E-state index in [4.69, 9.17) is 0 Å². The van der Waals surface area contributed by atoms with Gasteiger partial charge in [-0.05, 0) is 30.5 Å². The molecule has 0 saturated carbocycles. The molecule has 4 rings (SSSR count). The van der Waals surface area contributed by atoms with E-state index in [1.165, 1.54) is 4.90 Å². The van der Waals surface area contributed by atoms with Crippen molar-refractivity contribution in [1.82, 2.24) is 14.5 Å². The molecule has 1 amide bonds. The molecule has 1 aliphatic rings. The standard InChI is InChI=1S/C22H21N3O5/c26-19-15-9-4-5-10-16(15)23-22(30)25(19)18(13-14-7-2-1-3-8-14)20(27)24-12-6-11-17(24)21(28)29/h1-5,7-10,17-18H,6,11-13H2,(H,23,30)(H,28,29). The normalized spacial score (nSPS) is 17.2. The van der Waals surface area contributed by atoms with Crippen molar-refractivity contribution in [3.8, 4) is 0 Å². The quantitative estimate of drug-likeness (QED) is 0.666. The lowest BCUT2D eigenvalue weighted by Gasteiger charge is -2.27. The summed E-state index contributed by atoms with van der Waals surface area (Å²) in [6, 6.07) is 13.5. The van der Waals surface area contributed by atoms with Crippen LogP contribution in [0, 0.1) is 0 Å². The second-order valence-electron chi connectivity index (χ2n) is 7.38. The number of para-hydroxylation sites is 1. The number of nitrogens with zero attached hydrogens (tertiary/aromatic N) is 2. The van der Waals surface area contributed by atoms with Crippen LogP contribution in [0.4, 0.5) is 0 Å². The Bertz CT molecular complexity index is 1210. The summed E-state index contributed by atoms with van der Waals surface area (Å²) in [6.45, 7) is 0.279. The minimum Gasteiger partial charge on any atom is -0.480 e. The number of aromatic amines is 1. The maximum absolute atomic E-state index is 13.5. The topological polar surface area (TPSA) is 112 Å². The fraction of sp³-hybridized carbons (Fsp3) is 0.273. The Morgan fingerprint density at radius 1 is 1.07 bits per heavy atom. The lowest BCUT2D eigenvalue weighted by atomic mass is 10.0. The molecule has 2 unspecified atom stereocenters. The monoisotopic (exact) mass is 407 g/mol. The number of benzene rings is 2. The summed E-state index contributed by atoms with van der Waals surface area (Å²) in [4.78, 5) is 55.0. The fourth-order valence-corrected chi connectivity index (χ4v) is 4.06. The van der Waals surface area contributed by atoms with Gasteiger partial charge in [0, 0.05) is 13.0 Å². The number of aliphatic carboxylic acids is 1. The fourth-order valence-electron chi connectivity index (χ4n) is 4.06. The molecule has 154 valence electrons. The van der Waals surface area contributed by atoms with Crippen molar-refractivity contribution in [3.05, 3.63) is 81.0 Å². The zero-order valence-electron chi connectivity index (χ0n) is 16.2. The molecule has 8 nitrogen and oxygen atoms in total. The van der Waals surface area contributed by atoms with Gasteiger partial charge in [-0.15, -0.1) is 0 Å². The average Bonchev–Trinajstić information content (AvgIpc) is 3.23. The first-order valence-corrected chi connectivity index (χ1v) is 9.78. The van der Waals surface area contributed by atoms with Crippen LogP contribution in [0.5, 0.6) is 0 Å². The van der Waals surface area contributed by atoms with Gasteiger partial charge in [-0.2, -0.15) is 0 Å². The molecule has 1 aromatic heterocycles. The van der Waals surface area contributed by atoms with Crippen molar-refractivity contribution in [2.24, 2.45) is 0 Å². The van der Waals surface area contributed by atoms with Gasteiger partial charge < -0.3 is 15.0 Å². The summed E-state index contributed by atoms with van der Waals surface area (Å²) < 4.78 is 0.925. The highest BCUT2D eigenvalue weighted by Crippen LogP contribution is 2.23. The second kappa shape index (κ2) is 7.98. The first kappa shape index (κ1) is 19.6. The van der Waals surface area contributed by atoms with Crippen LogP contribution in [0.3, 0.4) is 0 Å². The lowest BCUT2D eigenvalue weighted by molar-refractivity contribution is -0.149. The summed E-state index contributed by atoms with van der Waals surface area (Å²) in [5.41, 5.74) is -0.116. The zero-order chi connectivity index (χ0) is 21.3. The van der Waals surface area contributed by atoms with Crippen molar-refractivity contribution in [2.45, 2.75) is 31.3 Å². The number of carbonyl (C=O) groups is 2. The zero-order valence-corrected chi connectivity index (χ0v) is 16.2. The van der Waals surface area contributed by atoms with Gasteiger partial charge in [-0.1, -0.05) is 42.5 Å². The van der Waals surface area contributed by atoms with Crippen LogP contribution in [-0.2, 0) is 16.0 Å². The number of carboxylic acid groups (broad SMARTS) is 1. The highest BCUT2D eigenvalue weighted by molar-refractivity contribution is 5.87. The largest absolute Gasteiger partial charge is 0.480 e. The number of carbonyl (C=O) groups excluding carboxylic acids is 1. The van der Waals surface area contributed by atoms with Crippen LogP contribution in [0.25, 0.3) is 10.9 Å². The molecule has 0 aliphatic carbocycles. The summed E-state index contributed by atoms with van der Waals surface area (Å²) in [5.74, 6) is -1.62. The van der Waals surface area contributed by atoms with E-state index in [2.05, 4.69) is 4.98 Å². The van der Waals surface area contributed by atoms with Crippen LogP contribution in [0.1, 0.15) is 24.4 Å². The number of rotatable bonds is 5. The SMILES string of the molecule is O=C(O)C1CCCN1C(=O)C(Cc1ccccc1)n1c(=O)[nH]c2ccccc2c1=O. The van der Waals surface area contributed by atoms with E-state index < -0.39 is 35.2 Å². The van der Waals surface area contributed by atoms with E-state index in [1.54, 1.807) is 48.5 Å². The van der Waals surface area contributed by atoms with Gasteiger partial charge in [0.25, 0.3) is 5.56 Å². The number of likely N-dealkylation sites (tertiary alicyclic amines) is 1. The van der Waals surface area contributed by atoms with Gasteiger partial charge in [0.1, 0.15) is 12.1 Å². The Hall–Kier alpha value is -3.68. The molecule has 1 aliphatic heterocycles. The average molecular weight is 407 g/mol. The van der Waals surface area contributed by atoms with Gasteiger partial charge >= 0.3 is 11.7 Å². The van der Waals surface area contributed by atoms with Crippen molar-refractivity contribution >= 4 is 22.8 Å². The molecule has 1 fully saturated rings. The lowest BCUT2D eigenvalue weighted by Crippen LogP contribution is -2.49. The van der Waals surface area contributed by atoms with E-state index in [0.29, 0.717) is 23.7 Å². The van der Waals surface area contributed by atoms with E-state index in [9.17, 15) is 24.3 Å². The number of nitrogens with one attached hydrogen (secondary N) is 1. The molecule has 0 radical (unpaired) electrons. The minimum absolute atomic E-state index is 0.101. The molecule has 8 heteroatoms. The van der Waals surface area contributed by atoms with E-state index >= 15 is 0 Å². The predicted molar refractivity (Wildman–Crippen MR) is 110 cm³/mol. The first-order valence-electron chi connectivity index (χ1n) is 9.78. The Morgan fingerprint density at radius 2 is 1.77 bits per heavy atom. The molecule has 3 aromatic rings. The second-order valence-corrected chi connectivity index (χ2v) is 7.38. The molecule has 2 atom stereocenters. The number of hydrogen-bond acceptors (Lipinski definition) is 4. The third-order valence-corrected chi connectivity index (χ3v) is 5.53. The Labute approximate surface area is 171 Å². The molecule has 0 bridgehead atoms. The first-order chi connectivity index (χ1) is 14.5. The van der Waals surface area contributed by atoms with Gasteiger partial charge in [-0.25, -0.2) is 14.2 Å². The Balaban J connectivity index is 1.85. The maximum Gasteiger partial charge on any atom is 0.329 e. The van der Waals surface area contributed by atoms with Crippen LogP contribution >= 0.6 is 0 Å². The third kappa shape index (κ3) is 3.52. The highest BCUT2D eigenvalue weighted by Gasteiger charge is 2.38. The van der Waals surface area contributed by atoms with E-state index in [1.807, 2.05) is 6.07 Å². The minimum atomic E-state index is -1.15. The Morgan fingerprint density at radius 3 is 2.50 bits per heavy atom. The van der Waals surface area contributed by atoms with E-state index in [0.717, 1.165) is 10.1 Å². The summed E-state index contributed by atoms with van der Waals surface area (Å²) in [7, 11) is 0. The van der Waals surface area contributed by atoms with Crippen LogP contribution in [0.15, 0.2) is 64.2 Å². The number of amides is 1. The summed E-state index contributed by atoms with van der Waals surface area (Å²) >= 11 is 0. The predicted octanol–water partition coefficient (Wildman–Crippen LogP) is 1.55. The Kier molecular flexibility index (Phi) is 5.22. The van der Waals surface area contributed by atoms with Crippen LogP contribution < -0.4 is 11.2 Å². The molecule has 2 N–H and O–H groups in total. The maximum atomic E-state index is 13.5. The molecule has 1 saturated heterocycles. The number of fused-ring (bicyclic) bond motifs is 1. The van der Waals surface area contributed by atoms with Crippen molar-refractivity contribution < 1.29 is 14.7 Å². The molecular weight excluding hydrogens is 386 g/mol. The molecule has 2 aromatic carbocycles. The van der Waals surface area contributed by atoms with Crippen molar-refractivity contribution in [1.29, 1.82) is 0 Å². The number of carboxylic acids is 1. The third-order valence-electron chi connectivity index (χ3n) is 5.53. The molecule has 30 heavy (non-hydrogen) atoms. The number of aromatic nitrogens is 2. The van der Waals surface area contributed by atoms with Gasteiger partial charge in [0.15, 0.2) is 0 Å². The number of H-pyrrole nitrogens is 1. The summed E-state index contributed by atoms with van der Waals surface area (Å²) in [5, 5.41) is 9.79. The molecule has 0 spiro atoms. The smallest absolute Gasteiger partial charge is 0.329 e. The number of hydrogen-bond donors (Lipinski definition) is 2. The molecule has 2 heterocycles. The van der Waals surface area contributed by atoms with Gasteiger partial charge in [0.2, 0.25) is 5.91 Å². The van der Waals surface area contributed by atoms with Crippen LogP contribution in [0.2, 0.25) is 0 Å².